The van der Waals surface area contributed by atoms with Crippen LogP contribution in [0.4, 0.5) is 0 Å². The molecule has 28 heavy (non-hydrogen) atoms. The number of carbonyl (C=O) groups is 3. The SMILES string of the molecule is CC1=CC2OC3C(OC(=O)CCl)C(=O)C(C)(C2(COC(=O)CCl)CC1)C31CO1. The number of halogens is 2. The predicted octanol–water partition coefficient (Wildman–Crippen LogP) is 1.77. The highest BCUT2D eigenvalue weighted by atomic mass is 35.5. The van der Waals surface area contributed by atoms with Gasteiger partial charge in [-0.1, -0.05) is 11.6 Å². The summed E-state index contributed by atoms with van der Waals surface area (Å²) in [5.74, 6) is -2.16. The van der Waals surface area contributed by atoms with Crippen LogP contribution in [0.1, 0.15) is 26.7 Å². The maximum Gasteiger partial charge on any atom is 0.321 e. The Balaban J connectivity index is 1.79. The molecule has 6 unspecified atom stereocenters. The molecule has 2 aliphatic heterocycles. The molecular weight excluding hydrogens is 411 g/mol. The number of hydrogen-bond donors (Lipinski definition) is 0. The van der Waals surface area contributed by atoms with E-state index in [1.165, 1.54) is 0 Å². The average molecular weight is 433 g/mol. The van der Waals surface area contributed by atoms with Crippen molar-refractivity contribution in [3.05, 3.63) is 11.6 Å². The summed E-state index contributed by atoms with van der Waals surface area (Å²) < 4.78 is 23.0. The van der Waals surface area contributed by atoms with Crippen LogP contribution in [0.3, 0.4) is 0 Å². The molecule has 2 aliphatic carbocycles. The van der Waals surface area contributed by atoms with Gasteiger partial charge in [-0.3, -0.25) is 14.4 Å². The third kappa shape index (κ3) is 2.46. The highest BCUT2D eigenvalue weighted by Gasteiger charge is 2.86. The molecule has 0 radical (unpaired) electrons. The van der Waals surface area contributed by atoms with Crippen LogP contribution < -0.4 is 0 Å². The number of esters is 2. The minimum absolute atomic E-state index is 0.0246. The summed E-state index contributed by atoms with van der Waals surface area (Å²) in [6.45, 7) is 4.11. The van der Waals surface area contributed by atoms with E-state index in [9.17, 15) is 14.4 Å². The van der Waals surface area contributed by atoms with Crippen molar-refractivity contribution < 1.29 is 33.3 Å². The molecule has 6 atom stereocenters. The van der Waals surface area contributed by atoms with Crippen molar-refractivity contribution in [2.75, 3.05) is 25.0 Å². The number of hydrogen-bond acceptors (Lipinski definition) is 7. The van der Waals surface area contributed by atoms with E-state index in [0.29, 0.717) is 13.0 Å². The zero-order valence-corrected chi connectivity index (χ0v) is 17.2. The van der Waals surface area contributed by atoms with Crippen molar-refractivity contribution in [1.82, 2.24) is 0 Å². The molecule has 2 saturated heterocycles. The Bertz CT molecular complexity index is 761. The van der Waals surface area contributed by atoms with Crippen LogP contribution in [0.25, 0.3) is 0 Å². The third-order valence-corrected chi connectivity index (χ3v) is 7.43. The van der Waals surface area contributed by atoms with Gasteiger partial charge < -0.3 is 18.9 Å². The minimum atomic E-state index is -1.10. The van der Waals surface area contributed by atoms with E-state index in [-0.39, 0.29) is 24.2 Å². The second-order valence-corrected chi connectivity index (χ2v) is 8.69. The first kappa shape index (κ1) is 20.1. The van der Waals surface area contributed by atoms with Gasteiger partial charge in [-0.15, -0.1) is 23.2 Å². The van der Waals surface area contributed by atoms with E-state index in [1.807, 2.05) is 19.9 Å². The first-order valence-electron chi connectivity index (χ1n) is 9.24. The van der Waals surface area contributed by atoms with Crippen LogP contribution in [0.15, 0.2) is 11.6 Å². The van der Waals surface area contributed by atoms with Gasteiger partial charge in [0.15, 0.2) is 11.9 Å². The Morgan fingerprint density at radius 3 is 2.57 bits per heavy atom. The largest absolute Gasteiger partial charge is 0.464 e. The van der Waals surface area contributed by atoms with Gasteiger partial charge in [0.2, 0.25) is 0 Å². The zero-order valence-electron chi connectivity index (χ0n) is 15.7. The molecule has 4 rings (SSSR count). The van der Waals surface area contributed by atoms with Gasteiger partial charge in [0.1, 0.15) is 30.1 Å². The fourth-order valence-corrected chi connectivity index (χ4v) is 5.44. The standard InChI is InChI=1S/C19H22Cl2O7/c1-10-3-4-18(8-25-12(22)6-20)11(5-10)27-16-14(28-13(23)7-21)15(24)17(18,2)19(16)9-26-19/h5,11,14,16H,3-4,6-9H2,1-2H3. The normalized spacial score (nSPS) is 43.4. The Kier molecular flexibility index (Phi) is 4.81. The topological polar surface area (TPSA) is 91.4 Å². The number of allylic oxidation sites excluding steroid dienone is 1. The molecule has 0 aromatic rings. The molecular formula is C19H22Cl2O7. The quantitative estimate of drug-likeness (QED) is 0.283. The predicted molar refractivity (Wildman–Crippen MR) is 98.2 cm³/mol. The summed E-state index contributed by atoms with van der Waals surface area (Å²) in [4.78, 5) is 37.2. The second kappa shape index (κ2) is 6.69. The van der Waals surface area contributed by atoms with Gasteiger partial charge in [0.05, 0.1) is 23.5 Å². The number of carbonyl (C=O) groups excluding carboxylic acids is 3. The Morgan fingerprint density at radius 2 is 1.96 bits per heavy atom. The van der Waals surface area contributed by atoms with Crippen LogP contribution in [0.2, 0.25) is 0 Å². The van der Waals surface area contributed by atoms with Crippen molar-refractivity contribution in [3.8, 4) is 0 Å². The van der Waals surface area contributed by atoms with E-state index in [2.05, 4.69) is 0 Å². The average Bonchev–Trinajstić information content (AvgIpc) is 3.47. The van der Waals surface area contributed by atoms with Crippen LogP contribution in [0.5, 0.6) is 0 Å². The fraction of sp³-hybridized carbons (Fsp3) is 0.737. The Morgan fingerprint density at radius 1 is 1.29 bits per heavy atom. The van der Waals surface area contributed by atoms with E-state index >= 15 is 0 Å². The monoisotopic (exact) mass is 432 g/mol. The molecule has 1 spiro atoms. The van der Waals surface area contributed by atoms with Gasteiger partial charge in [-0.05, 0) is 26.7 Å². The van der Waals surface area contributed by atoms with Crippen LogP contribution >= 0.6 is 23.2 Å². The van der Waals surface area contributed by atoms with Gasteiger partial charge in [0.25, 0.3) is 0 Å². The molecule has 1 saturated carbocycles. The lowest BCUT2D eigenvalue weighted by molar-refractivity contribution is -0.222. The van der Waals surface area contributed by atoms with Crippen molar-refractivity contribution in [2.24, 2.45) is 10.8 Å². The van der Waals surface area contributed by atoms with Crippen molar-refractivity contribution >= 4 is 40.9 Å². The molecule has 3 fully saturated rings. The summed E-state index contributed by atoms with van der Waals surface area (Å²) >= 11 is 11.2. The molecule has 154 valence electrons. The summed E-state index contributed by atoms with van der Waals surface area (Å²) in [7, 11) is 0. The first-order valence-corrected chi connectivity index (χ1v) is 10.3. The lowest BCUT2D eigenvalue weighted by Crippen LogP contribution is -2.66. The number of alkyl halides is 2. The van der Waals surface area contributed by atoms with Crippen molar-refractivity contribution in [3.63, 3.8) is 0 Å². The maximum atomic E-state index is 13.6. The van der Waals surface area contributed by atoms with Gasteiger partial charge in [-0.2, -0.15) is 0 Å². The fourth-order valence-electron chi connectivity index (χ4n) is 5.30. The van der Waals surface area contributed by atoms with Crippen LogP contribution in [-0.4, -0.2) is 66.6 Å². The van der Waals surface area contributed by atoms with Gasteiger partial charge in [0, 0.05) is 0 Å². The second-order valence-electron chi connectivity index (χ2n) is 8.15. The summed E-state index contributed by atoms with van der Waals surface area (Å²) in [6.07, 6.45) is 0.981. The lowest BCUT2D eigenvalue weighted by Gasteiger charge is -2.56. The van der Waals surface area contributed by atoms with E-state index in [1.54, 1.807) is 0 Å². The van der Waals surface area contributed by atoms with E-state index < -0.39 is 46.7 Å². The van der Waals surface area contributed by atoms with Gasteiger partial charge in [-0.25, -0.2) is 0 Å². The zero-order chi connectivity index (χ0) is 20.3. The molecule has 2 heterocycles. The molecule has 0 aromatic carbocycles. The summed E-state index contributed by atoms with van der Waals surface area (Å²) in [5, 5.41) is 0. The number of ether oxygens (including phenoxy) is 4. The summed E-state index contributed by atoms with van der Waals surface area (Å²) in [6, 6.07) is 0. The number of Topliss-reactive ketones (excluding diaryl/α,β-unsaturated/α-hetero) is 1. The number of fused-ring (bicyclic) bond motifs is 2. The lowest BCUT2D eigenvalue weighted by atomic mass is 9.51. The highest BCUT2D eigenvalue weighted by Crippen LogP contribution is 2.70. The molecule has 4 aliphatic rings. The molecule has 0 amide bonds. The molecule has 2 bridgehead atoms. The van der Waals surface area contributed by atoms with E-state index in [0.717, 1.165) is 12.0 Å². The molecule has 7 nitrogen and oxygen atoms in total. The molecule has 0 N–H and O–H groups in total. The Hall–Kier alpha value is -1.15. The van der Waals surface area contributed by atoms with Crippen LogP contribution in [-0.2, 0) is 33.3 Å². The third-order valence-electron chi connectivity index (χ3n) is 6.99. The van der Waals surface area contributed by atoms with Gasteiger partial charge >= 0.3 is 11.9 Å². The Labute approximate surface area is 172 Å². The number of ketones is 1. The highest BCUT2D eigenvalue weighted by molar-refractivity contribution is 6.26. The minimum Gasteiger partial charge on any atom is -0.464 e. The van der Waals surface area contributed by atoms with Crippen molar-refractivity contribution in [1.29, 1.82) is 0 Å². The van der Waals surface area contributed by atoms with Crippen LogP contribution in [0, 0.1) is 10.8 Å². The maximum absolute atomic E-state index is 13.6. The summed E-state index contributed by atoms with van der Waals surface area (Å²) in [5.41, 5.74) is -1.65. The number of rotatable bonds is 5. The first-order chi connectivity index (χ1) is 13.3. The molecule has 9 heteroatoms. The van der Waals surface area contributed by atoms with Crippen molar-refractivity contribution in [2.45, 2.75) is 50.6 Å². The molecule has 0 aromatic heterocycles. The number of epoxide rings is 1. The van der Waals surface area contributed by atoms with E-state index in [4.69, 9.17) is 42.1 Å². The smallest absolute Gasteiger partial charge is 0.321 e.